The largest absolute Gasteiger partial charge is 0.490 e. The zero-order valence-electron chi connectivity index (χ0n) is 15.0. The van der Waals surface area contributed by atoms with Crippen molar-refractivity contribution >= 4 is 17.5 Å². The lowest BCUT2D eigenvalue weighted by atomic mass is 10.1. The summed E-state index contributed by atoms with van der Waals surface area (Å²) in [7, 11) is 0. The predicted molar refractivity (Wildman–Crippen MR) is 101 cm³/mol. The molecule has 0 spiro atoms. The van der Waals surface area contributed by atoms with Gasteiger partial charge in [-0.2, -0.15) is 0 Å². The summed E-state index contributed by atoms with van der Waals surface area (Å²) in [6, 6.07) is 11.2. The Morgan fingerprint density at radius 3 is 2.44 bits per heavy atom. The van der Waals surface area contributed by atoms with Gasteiger partial charge in [0.05, 0.1) is 0 Å². The SMILES string of the molecule is O=C(CCCc1ccc(Cl)cc1)N1CCC(Oc2ccc(F)c(F)c2)CC1. The highest BCUT2D eigenvalue weighted by Crippen LogP contribution is 2.22. The van der Waals surface area contributed by atoms with E-state index in [1.54, 1.807) is 0 Å². The molecule has 1 heterocycles. The first-order valence-electron chi connectivity index (χ1n) is 9.15. The van der Waals surface area contributed by atoms with E-state index in [-0.39, 0.29) is 12.0 Å². The van der Waals surface area contributed by atoms with Crippen molar-refractivity contribution < 1.29 is 18.3 Å². The van der Waals surface area contributed by atoms with E-state index in [1.165, 1.54) is 11.6 Å². The molecule has 2 aromatic carbocycles. The molecule has 6 heteroatoms. The summed E-state index contributed by atoms with van der Waals surface area (Å²) in [6.07, 6.45) is 3.43. The first kappa shape index (κ1) is 19.6. The molecule has 0 N–H and O–H groups in total. The molecule has 0 radical (unpaired) electrons. The highest BCUT2D eigenvalue weighted by Gasteiger charge is 2.23. The van der Waals surface area contributed by atoms with Crippen LogP contribution in [0.15, 0.2) is 42.5 Å². The molecule has 3 rings (SSSR count). The number of piperidine rings is 1. The number of rotatable bonds is 6. The van der Waals surface area contributed by atoms with E-state index >= 15 is 0 Å². The predicted octanol–water partition coefficient (Wildman–Crippen LogP) is 5.01. The van der Waals surface area contributed by atoms with Crippen LogP contribution >= 0.6 is 11.6 Å². The minimum absolute atomic E-state index is 0.0898. The summed E-state index contributed by atoms with van der Waals surface area (Å²) < 4.78 is 31.9. The van der Waals surface area contributed by atoms with Gasteiger partial charge in [0.2, 0.25) is 5.91 Å². The van der Waals surface area contributed by atoms with Gasteiger partial charge in [-0.05, 0) is 42.7 Å². The van der Waals surface area contributed by atoms with Gasteiger partial charge in [0.25, 0.3) is 0 Å². The van der Waals surface area contributed by atoms with Gasteiger partial charge in [0.1, 0.15) is 11.9 Å². The lowest BCUT2D eigenvalue weighted by Crippen LogP contribution is -2.41. The summed E-state index contributed by atoms with van der Waals surface area (Å²) >= 11 is 5.87. The molecule has 1 fully saturated rings. The fraction of sp³-hybridized carbons (Fsp3) is 0.381. The maximum atomic E-state index is 13.2. The monoisotopic (exact) mass is 393 g/mol. The average molecular weight is 394 g/mol. The van der Waals surface area contributed by atoms with Crippen molar-refractivity contribution in [3.8, 4) is 5.75 Å². The Morgan fingerprint density at radius 2 is 1.78 bits per heavy atom. The van der Waals surface area contributed by atoms with Gasteiger partial charge < -0.3 is 9.64 Å². The molecular formula is C21H22ClF2NO2. The van der Waals surface area contributed by atoms with Crippen LogP contribution in [0.5, 0.6) is 5.75 Å². The zero-order valence-corrected chi connectivity index (χ0v) is 15.7. The molecule has 0 unspecified atom stereocenters. The third-order valence-corrected chi connectivity index (χ3v) is 5.01. The number of benzene rings is 2. The van der Waals surface area contributed by atoms with Crippen molar-refractivity contribution in [2.24, 2.45) is 0 Å². The maximum absolute atomic E-state index is 13.2. The second-order valence-corrected chi connectivity index (χ2v) is 7.19. The van der Waals surface area contributed by atoms with Crippen molar-refractivity contribution in [3.05, 3.63) is 64.7 Å². The summed E-state index contributed by atoms with van der Waals surface area (Å²) in [6.45, 7) is 1.24. The van der Waals surface area contributed by atoms with E-state index in [0.29, 0.717) is 43.1 Å². The lowest BCUT2D eigenvalue weighted by molar-refractivity contribution is -0.133. The van der Waals surface area contributed by atoms with Crippen LogP contribution in [-0.4, -0.2) is 30.0 Å². The Balaban J connectivity index is 1.39. The first-order valence-corrected chi connectivity index (χ1v) is 9.53. The number of hydrogen-bond acceptors (Lipinski definition) is 2. The fourth-order valence-electron chi connectivity index (χ4n) is 3.22. The molecule has 144 valence electrons. The smallest absolute Gasteiger partial charge is 0.222 e. The van der Waals surface area contributed by atoms with Crippen LogP contribution < -0.4 is 4.74 Å². The van der Waals surface area contributed by atoms with Crippen LogP contribution in [-0.2, 0) is 11.2 Å². The molecule has 3 nitrogen and oxygen atoms in total. The highest BCUT2D eigenvalue weighted by molar-refractivity contribution is 6.30. The number of likely N-dealkylation sites (tertiary alicyclic amines) is 1. The maximum Gasteiger partial charge on any atom is 0.222 e. The zero-order chi connectivity index (χ0) is 19.2. The Bertz CT molecular complexity index is 774. The van der Waals surface area contributed by atoms with Gasteiger partial charge in [0.15, 0.2) is 11.6 Å². The van der Waals surface area contributed by atoms with Crippen LogP contribution in [0.1, 0.15) is 31.2 Å². The second kappa shape index (κ2) is 9.18. The molecule has 1 aliphatic rings. The van der Waals surface area contributed by atoms with Gasteiger partial charge in [-0.15, -0.1) is 0 Å². The van der Waals surface area contributed by atoms with E-state index in [9.17, 15) is 13.6 Å². The summed E-state index contributed by atoms with van der Waals surface area (Å²) in [5.41, 5.74) is 1.17. The van der Waals surface area contributed by atoms with Gasteiger partial charge in [-0.3, -0.25) is 4.79 Å². The number of ether oxygens (including phenoxy) is 1. The molecule has 0 saturated carbocycles. The summed E-state index contributed by atoms with van der Waals surface area (Å²) in [5, 5.41) is 0.711. The molecular weight excluding hydrogens is 372 g/mol. The van der Waals surface area contributed by atoms with Gasteiger partial charge in [-0.25, -0.2) is 8.78 Å². The van der Waals surface area contributed by atoms with Crippen molar-refractivity contribution in [2.75, 3.05) is 13.1 Å². The Labute approximate surface area is 162 Å². The number of amides is 1. The Hall–Kier alpha value is -2.14. The average Bonchev–Trinajstić information content (AvgIpc) is 2.67. The Kier molecular flexibility index (Phi) is 6.67. The number of halogens is 3. The first-order chi connectivity index (χ1) is 13.0. The quantitative estimate of drug-likeness (QED) is 0.690. The molecule has 0 atom stereocenters. The van der Waals surface area contributed by atoms with Crippen molar-refractivity contribution in [1.29, 1.82) is 0 Å². The molecule has 1 saturated heterocycles. The number of aryl methyl sites for hydroxylation is 1. The number of carbonyl (C=O) groups excluding carboxylic acids is 1. The number of nitrogens with zero attached hydrogens (tertiary/aromatic N) is 1. The number of hydrogen-bond donors (Lipinski definition) is 0. The van der Waals surface area contributed by atoms with E-state index in [2.05, 4.69) is 0 Å². The minimum atomic E-state index is -0.916. The van der Waals surface area contributed by atoms with Gasteiger partial charge >= 0.3 is 0 Å². The van der Waals surface area contributed by atoms with Gasteiger partial charge in [-0.1, -0.05) is 23.7 Å². The van der Waals surface area contributed by atoms with E-state index in [4.69, 9.17) is 16.3 Å². The van der Waals surface area contributed by atoms with Crippen LogP contribution in [0, 0.1) is 11.6 Å². The molecule has 0 aliphatic carbocycles. The van der Waals surface area contributed by atoms with Crippen molar-refractivity contribution in [3.63, 3.8) is 0 Å². The summed E-state index contributed by atoms with van der Waals surface area (Å²) in [5.74, 6) is -1.33. The van der Waals surface area contributed by atoms with Crippen LogP contribution in [0.25, 0.3) is 0 Å². The normalized spacial score (nSPS) is 15.0. The highest BCUT2D eigenvalue weighted by atomic mass is 35.5. The van der Waals surface area contributed by atoms with Crippen molar-refractivity contribution in [1.82, 2.24) is 4.90 Å². The standard InChI is InChI=1S/C21H22ClF2NO2/c22-16-6-4-15(5-7-16)2-1-3-21(26)25-12-10-17(11-13-25)27-18-8-9-19(23)20(24)14-18/h4-9,14,17H,1-3,10-13H2. The van der Waals surface area contributed by atoms with Crippen LogP contribution in [0.3, 0.4) is 0 Å². The molecule has 2 aromatic rings. The molecule has 0 aromatic heterocycles. The van der Waals surface area contributed by atoms with E-state index in [0.717, 1.165) is 25.0 Å². The molecule has 1 aliphatic heterocycles. The van der Waals surface area contributed by atoms with E-state index in [1.807, 2.05) is 29.2 Å². The fourth-order valence-corrected chi connectivity index (χ4v) is 3.34. The van der Waals surface area contributed by atoms with Crippen LogP contribution in [0.2, 0.25) is 5.02 Å². The van der Waals surface area contributed by atoms with Crippen molar-refractivity contribution in [2.45, 2.75) is 38.2 Å². The summed E-state index contributed by atoms with van der Waals surface area (Å²) in [4.78, 5) is 14.2. The molecule has 0 bridgehead atoms. The van der Waals surface area contributed by atoms with E-state index < -0.39 is 11.6 Å². The Morgan fingerprint density at radius 1 is 1.07 bits per heavy atom. The second-order valence-electron chi connectivity index (χ2n) is 6.75. The molecule has 27 heavy (non-hydrogen) atoms. The lowest BCUT2D eigenvalue weighted by Gasteiger charge is -2.32. The minimum Gasteiger partial charge on any atom is -0.490 e. The molecule has 1 amide bonds. The van der Waals surface area contributed by atoms with Gasteiger partial charge in [0, 0.05) is 43.4 Å². The third-order valence-electron chi connectivity index (χ3n) is 4.76. The number of carbonyl (C=O) groups is 1. The topological polar surface area (TPSA) is 29.5 Å². The third kappa shape index (κ3) is 5.67. The van der Waals surface area contributed by atoms with Crippen LogP contribution in [0.4, 0.5) is 8.78 Å².